The van der Waals surface area contributed by atoms with Crippen LogP contribution in [0.15, 0.2) is 28.8 Å². The van der Waals surface area contributed by atoms with E-state index in [0.29, 0.717) is 35.9 Å². The standard InChI is InChI=1S/C15H18N2O4/c1-10-9-17-14(21-10)4-5-16-15(18)11-6-12(19-2)8-13(7-11)20-3/h6-9H,4-5H2,1-3H3,(H,16,18). The van der Waals surface area contributed by atoms with Gasteiger partial charge < -0.3 is 19.2 Å². The van der Waals surface area contributed by atoms with E-state index >= 15 is 0 Å². The number of aromatic nitrogens is 1. The number of amides is 1. The normalized spacial score (nSPS) is 10.2. The van der Waals surface area contributed by atoms with Crippen LogP contribution in [0.4, 0.5) is 0 Å². The van der Waals surface area contributed by atoms with Gasteiger partial charge in [-0.25, -0.2) is 4.98 Å². The predicted octanol–water partition coefficient (Wildman–Crippen LogP) is 1.97. The molecule has 1 N–H and O–H groups in total. The molecule has 112 valence electrons. The molecule has 0 unspecified atom stereocenters. The molecule has 2 aromatic rings. The van der Waals surface area contributed by atoms with E-state index in [1.165, 1.54) is 0 Å². The summed E-state index contributed by atoms with van der Waals surface area (Å²) < 4.78 is 15.6. The number of ether oxygens (including phenoxy) is 2. The first kappa shape index (κ1) is 14.9. The number of nitrogens with one attached hydrogen (secondary N) is 1. The Bertz CT molecular complexity index is 600. The smallest absolute Gasteiger partial charge is 0.251 e. The molecule has 6 nitrogen and oxygen atoms in total. The molecule has 0 aliphatic heterocycles. The van der Waals surface area contributed by atoms with E-state index in [9.17, 15) is 4.79 Å². The van der Waals surface area contributed by atoms with Crippen LogP contribution in [-0.2, 0) is 6.42 Å². The molecule has 6 heteroatoms. The fraction of sp³-hybridized carbons (Fsp3) is 0.333. The van der Waals surface area contributed by atoms with Crippen LogP contribution >= 0.6 is 0 Å². The highest BCUT2D eigenvalue weighted by Gasteiger charge is 2.10. The quantitative estimate of drug-likeness (QED) is 0.880. The van der Waals surface area contributed by atoms with Crippen LogP contribution in [0.25, 0.3) is 0 Å². The number of oxazole rings is 1. The molecule has 1 aromatic heterocycles. The summed E-state index contributed by atoms with van der Waals surface area (Å²) in [5.74, 6) is 2.31. The van der Waals surface area contributed by atoms with Gasteiger partial charge in [0.05, 0.1) is 20.4 Å². The molecule has 0 aliphatic carbocycles. The van der Waals surface area contributed by atoms with Crippen molar-refractivity contribution >= 4 is 5.91 Å². The fourth-order valence-corrected chi connectivity index (χ4v) is 1.84. The van der Waals surface area contributed by atoms with Gasteiger partial charge in [0.15, 0.2) is 5.89 Å². The Morgan fingerprint density at radius 3 is 2.43 bits per heavy atom. The number of carbonyl (C=O) groups excluding carboxylic acids is 1. The predicted molar refractivity (Wildman–Crippen MR) is 76.8 cm³/mol. The number of aryl methyl sites for hydroxylation is 1. The molecule has 1 amide bonds. The first-order chi connectivity index (χ1) is 10.1. The average molecular weight is 290 g/mol. The van der Waals surface area contributed by atoms with Gasteiger partial charge >= 0.3 is 0 Å². The monoisotopic (exact) mass is 290 g/mol. The van der Waals surface area contributed by atoms with Crippen LogP contribution in [0.3, 0.4) is 0 Å². The first-order valence-electron chi connectivity index (χ1n) is 6.55. The number of carbonyl (C=O) groups is 1. The molecule has 0 saturated carbocycles. The summed E-state index contributed by atoms with van der Waals surface area (Å²) in [4.78, 5) is 16.2. The van der Waals surface area contributed by atoms with Gasteiger partial charge in [-0.15, -0.1) is 0 Å². The summed E-state index contributed by atoms with van der Waals surface area (Å²) in [6, 6.07) is 5.03. The van der Waals surface area contributed by atoms with Gasteiger partial charge in [0.1, 0.15) is 17.3 Å². The Kier molecular flexibility index (Phi) is 4.81. The number of hydrogen-bond donors (Lipinski definition) is 1. The SMILES string of the molecule is COc1cc(OC)cc(C(=O)NCCc2ncc(C)o2)c1. The van der Waals surface area contributed by atoms with Crippen molar-refractivity contribution in [1.82, 2.24) is 10.3 Å². The molecule has 0 radical (unpaired) electrons. The van der Waals surface area contributed by atoms with Crippen LogP contribution in [-0.4, -0.2) is 31.7 Å². The van der Waals surface area contributed by atoms with Gasteiger partial charge in [0, 0.05) is 24.6 Å². The van der Waals surface area contributed by atoms with E-state index < -0.39 is 0 Å². The Labute approximate surface area is 123 Å². The summed E-state index contributed by atoms with van der Waals surface area (Å²) >= 11 is 0. The van der Waals surface area contributed by atoms with Gasteiger partial charge in [0.2, 0.25) is 0 Å². The second kappa shape index (κ2) is 6.78. The summed E-state index contributed by atoms with van der Waals surface area (Å²) in [7, 11) is 3.09. The molecule has 1 heterocycles. The van der Waals surface area contributed by atoms with Crippen molar-refractivity contribution in [3.8, 4) is 11.5 Å². The summed E-state index contributed by atoms with van der Waals surface area (Å²) in [5.41, 5.74) is 0.481. The van der Waals surface area contributed by atoms with Crippen molar-refractivity contribution < 1.29 is 18.7 Å². The number of rotatable bonds is 6. The Morgan fingerprint density at radius 1 is 1.24 bits per heavy atom. The summed E-state index contributed by atoms with van der Waals surface area (Å²) in [6.45, 7) is 2.27. The maximum Gasteiger partial charge on any atom is 0.251 e. The molecule has 2 rings (SSSR count). The highest BCUT2D eigenvalue weighted by atomic mass is 16.5. The topological polar surface area (TPSA) is 73.6 Å². The lowest BCUT2D eigenvalue weighted by Crippen LogP contribution is -2.25. The lowest BCUT2D eigenvalue weighted by molar-refractivity contribution is 0.0953. The Balaban J connectivity index is 1.96. The summed E-state index contributed by atoms with van der Waals surface area (Å²) in [6.07, 6.45) is 2.20. The van der Waals surface area contributed by atoms with Gasteiger partial charge in [-0.3, -0.25) is 4.79 Å². The molecule has 0 saturated heterocycles. The van der Waals surface area contributed by atoms with Crippen LogP contribution in [0.1, 0.15) is 22.0 Å². The molecule has 0 atom stereocenters. The number of methoxy groups -OCH3 is 2. The minimum absolute atomic E-state index is 0.199. The van der Waals surface area contributed by atoms with E-state index in [1.807, 2.05) is 6.92 Å². The fourth-order valence-electron chi connectivity index (χ4n) is 1.84. The molecular weight excluding hydrogens is 272 g/mol. The minimum Gasteiger partial charge on any atom is -0.497 e. The highest BCUT2D eigenvalue weighted by molar-refractivity contribution is 5.95. The Hall–Kier alpha value is -2.50. The van der Waals surface area contributed by atoms with Crippen molar-refractivity contribution in [3.63, 3.8) is 0 Å². The second-order valence-corrected chi connectivity index (χ2v) is 4.47. The number of nitrogens with zero attached hydrogens (tertiary/aromatic N) is 1. The zero-order valence-corrected chi connectivity index (χ0v) is 12.3. The third-order valence-electron chi connectivity index (χ3n) is 2.91. The lowest BCUT2D eigenvalue weighted by Gasteiger charge is -2.08. The van der Waals surface area contributed by atoms with Crippen LogP contribution in [0.5, 0.6) is 11.5 Å². The largest absolute Gasteiger partial charge is 0.497 e. The lowest BCUT2D eigenvalue weighted by atomic mass is 10.2. The molecular formula is C15H18N2O4. The molecule has 21 heavy (non-hydrogen) atoms. The third-order valence-corrected chi connectivity index (χ3v) is 2.91. The van der Waals surface area contributed by atoms with Crippen LogP contribution in [0.2, 0.25) is 0 Å². The molecule has 1 aromatic carbocycles. The summed E-state index contributed by atoms with van der Waals surface area (Å²) in [5, 5.41) is 2.81. The molecule has 0 fully saturated rings. The molecule has 0 spiro atoms. The van der Waals surface area contributed by atoms with E-state index in [-0.39, 0.29) is 5.91 Å². The minimum atomic E-state index is -0.199. The van der Waals surface area contributed by atoms with E-state index in [2.05, 4.69) is 10.3 Å². The zero-order valence-electron chi connectivity index (χ0n) is 12.3. The van der Waals surface area contributed by atoms with Gasteiger partial charge in [-0.1, -0.05) is 0 Å². The third kappa shape index (κ3) is 3.98. The zero-order chi connectivity index (χ0) is 15.2. The van der Waals surface area contributed by atoms with Crippen molar-refractivity contribution in [2.24, 2.45) is 0 Å². The van der Waals surface area contributed by atoms with Crippen molar-refractivity contribution in [2.75, 3.05) is 20.8 Å². The van der Waals surface area contributed by atoms with E-state index in [1.54, 1.807) is 38.6 Å². The van der Waals surface area contributed by atoms with Crippen molar-refractivity contribution in [3.05, 3.63) is 41.6 Å². The second-order valence-electron chi connectivity index (χ2n) is 4.47. The number of hydrogen-bond acceptors (Lipinski definition) is 5. The van der Waals surface area contributed by atoms with Gasteiger partial charge in [-0.05, 0) is 19.1 Å². The maximum atomic E-state index is 12.1. The molecule has 0 bridgehead atoms. The van der Waals surface area contributed by atoms with E-state index in [0.717, 1.165) is 5.76 Å². The Morgan fingerprint density at radius 2 is 1.90 bits per heavy atom. The average Bonchev–Trinajstić information content (AvgIpc) is 2.92. The van der Waals surface area contributed by atoms with Crippen molar-refractivity contribution in [2.45, 2.75) is 13.3 Å². The highest BCUT2D eigenvalue weighted by Crippen LogP contribution is 2.22. The molecule has 0 aliphatic rings. The van der Waals surface area contributed by atoms with Crippen molar-refractivity contribution in [1.29, 1.82) is 0 Å². The first-order valence-corrected chi connectivity index (χ1v) is 6.55. The van der Waals surface area contributed by atoms with Crippen LogP contribution < -0.4 is 14.8 Å². The maximum absolute atomic E-state index is 12.1. The van der Waals surface area contributed by atoms with Gasteiger partial charge in [-0.2, -0.15) is 0 Å². The van der Waals surface area contributed by atoms with Crippen LogP contribution in [0, 0.1) is 6.92 Å². The van der Waals surface area contributed by atoms with E-state index in [4.69, 9.17) is 13.9 Å². The number of benzene rings is 1. The van der Waals surface area contributed by atoms with Gasteiger partial charge in [0.25, 0.3) is 5.91 Å².